The second-order valence-electron chi connectivity index (χ2n) is 5.43. The standard InChI is InChI=1S/C12H23NO3/c1-9(7-12(2,3)4)6-10(14)13-8-11(15)16-5/h9H,6-8H2,1-5H3,(H,13,14). The van der Waals surface area contributed by atoms with Gasteiger partial charge in [-0.2, -0.15) is 0 Å². The van der Waals surface area contributed by atoms with Crippen LogP contribution in [0, 0.1) is 11.3 Å². The molecular weight excluding hydrogens is 206 g/mol. The van der Waals surface area contributed by atoms with Crippen molar-refractivity contribution in [3.05, 3.63) is 0 Å². The Kier molecular flexibility index (Phi) is 6.08. The summed E-state index contributed by atoms with van der Waals surface area (Å²) < 4.78 is 4.43. The monoisotopic (exact) mass is 229 g/mol. The van der Waals surface area contributed by atoms with E-state index in [0.29, 0.717) is 12.3 Å². The van der Waals surface area contributed by atoms with Crippen molar-refractivity contribution in [2.75, 3.05) is 13.7 Å². The van der Waals surface area contributed by atoms with E-state index in [1.807, 2.05) is 6.92 Å². The van der Waals surface area contributed by atoms with Gasteiger partial charge < -0.3 is 10.1 Å². The van der Waals surface area contributed by atoms with Gasteiger partial charge in [-0.25, -0.2) is 0 Å². The van der Waals surface area contributed by atoms with E-state index in [4.69, 9.17) is 0 Å². The van der Waals surface area contributed by atoms with Gasteiger partial charge in [0.05, 0.1) is 7.11 Å². The minimum absolute atomic E-state index is 0.0441. The van der Waals surface area contributed by atoms with Gasteiger partial charge in [0.2, 0.25) is 5.91 Å². The fourth-order valence-electron chi connectivity index (χ4n) is 1.75. The first-order valence-electron chi connectivity index (χ1n) is 5.58. The van der Waals surface area contributed by atoms with Crippen LogP contribution in [0.1, 0.15) is 40.5 Å². The lowest BCUT2D eigenvalue weighted by atomic mass is 9.84. The lowest BCUT2D eigenvalue weighted by molar-refractivity contribution is -0.141. The van der Waals surface area contributed by atoms with Crippen LogP contribution in [-0.2, 0) is 14.3 Å². The van der Waals surface area contributed by atoms with Gasteiger partial charge in [-0.15, -0.1) is 0 Å². The van der Waals surface area contributed by atoms with Crippen molar-refractivity contribution in [3.8, 4) is 0 Å². The van der Waals surface area contributed by atoms with E-state index >= 15 is 0 Å². The number of amides is 1. The fraction of sp³-hybridized carbons (Fsp3) is 0.833. The van der Waals surface area contributed by atoms with Crippen LogP contribution in [0.5, 0.6) is 0 Å². The number of methoxy groups -OCH3 is 1. The number of carbonyl (C=O) groups is 2. The molecule has 0 aliphatic rings. The van der Waals surface area contributed by atoms with Crippen LogP contribution < -0.4 is 5.32 Å². The van der Waals surface area contributed by atoms with Gasteiger partial charge in [-0.3, -0.25) is 9.59 Å². The molecule has 1 atom stereocenters. The zero-order valence-electron chi connectivity index (χ0n) is 10.9. The molecule has 16 heavy (non-hydrogen) atoms. The molecule has 0 fully saturated rings. The first kappa shape index (κ1) is 14.9. The third-order valence-corrected chi connectivity index (χ3v) is 2.15. The molecule has 4 heteroatoms. The van der Waals surface area contributed by atoms with Crippen molar-refractivity contribution in [1.29, 1.82) is 0 Å². The number of carbonyl (C=O) groups excluding carboxylic acids is 2. The number of rotatable bonds is 5. The first-order chi connectivity index (χ1) is 7.24. The second-order valence-corrected chi connectivity index (χ2v) is 5.43. The van der Waals surface area contributed by atoms with E-state index in [2.05, 4.69) is 30.8 Å². The molecule has 0 aromatic rings. The number of hydrogen-bond donors (Lipinski definition) is 1. The molecule has 1 unspecified atom stereocenters. The van der Waals surface area contributed by atoms with Gasteiger partial charge in [0.1, 0.15) is 6.54 Å². The van der Waals surface area contributed by atoms with Gasteiger partial charge in [0.15, 0.2) is 0 Å². The summed E-state index contributed by atoms with van der Waals surface area (Å²) in [5.41, 5.74) is 0.224. The van der Waals surface area contributed by atoms with E-state index in [1.54, 1.807) is 0 Å². The predicted molar refractivity (Wildman–Crippen MR) is 62.9 cm³/mol. The van der Waals surface area contributed by atoms with Gasteiger partial charge in [0.25, 0.3) is 0 Å². The van der Waals surface area contributed by atoms with E-state index in [1.165, 1.54) is 7.11 Å². The largest absolute Gasteiger partial charge is 0.468 e. The Hall–Kier alpha value is -1.06. The molecule has 0 saturated carbocycles. The van der Waals surface area contributed by atoms with E-state index in [9.17, 15) is 9.59 Å². The van der Waals surface area contributed by atoms with Crippen molar-refractivity contribution in [2.24, 2.45) is 11.3 Å². The van der Waals surface area contributed by atoms with Gasteiger partial charge in [-0.05, 0) is 17.8 Å². The number of nitrogens with one attached hydrogen (secondary N) is 1. The summed E-state index contributed by atoms with van der Waals surface area (Å²) in [5.74, 6) is -0.198. The minimum Gasteiger partial charge on any atom is -0.468 e. The zero-order chi connectivity index (χ0) is 12.8. The summed E-state index contributed by atoms with van der Waals surface area (Å²) in [6.45, 7) is 8.45. The van der Waals surface area contributed by atoms with Gasteiger partial charge in [-0.1, -0.05) is 27.7 Å². The van der Waals surface area contributed by atoms with E-state index < -0.39 is 5.97 Å². The Morgan fingerprint density at radius 3 is 2.31 bits per heavy atom. The van der Waals surface area contributed by atoms with E-state index in [0.717, 1.165) is 6.42 Å². The molecule has 0 spiro atoms. The van der Waals surface area contributed by atoms with Crippen molar-refractivity contribution in [2.45, 2.75) is 40.5 Å². The van der Waals surface area contributed by atoms with Crippen molar-refractivity contribution in [3.63, 3.8) is 0 Å². The average molecular weight is 229 g/mol. The molecular formula is C12H23NO3. The van der Waals surface area contributed by atoms with Crippen molar-refractivity contribution >= 4 is 11.9 Å². The summed E-state index contributed by atoms with van der Waals surface area (Å²) in [6.07, 6.45) is 1.44. The molecule has 1 amide bonds. The molecule has 0 aromatic carbocycles. The molecule has 0 saturated heterocycles. The zero-order valence-corrected chi connectivity index (χ0v) is 10.9. The Bertz CT molecular complexity index is 243. The van der Waals surface area contributed by atoms with Crippen molar-refractivity contribution < 1.29 is 14.3 Å². The quantitative estimate of drug-likeness (QED) is 0.730. The maximum atomic E-state index is 11.4. The predicted octanol–water partition coefficient (Wildman–Crippen LogP) is 1.74. The highest BCUT2D eigenvalue weighted by Crippen LogP contribution is 2.25. The molecule has 0 aliphatic heterocycles. The Labute approximate surface area is 97.7 Å². The SMILES string of the molecule is COC(=O)CNC(=O)CC(C)CC(C)(C)C. The van der Waals surface area contributed by atoms with E-state index in [-0.39, 0.29) is 17.9 Å². The Morgan fingerprint density at radius 1 is 1.31 bits per heavy atom. The van der Waals surface area contributed by atoms with Crippen LogP contribution in [0.3, 0.4) is 0 Å². The molecule has 0 bridgehead atoms. The van der Waals surface area contributed by atoms with Crippen LogP contribution >= 0.6 is 0 Å². The Morgan fingerprint density at radius 2 is 1.88 bits per heavy atom. The smallest absolute Gasteiger partial charge is 0.325 e. The normalized spacial score (nSPS) is 13.1. The molecule has 0 radical (unpaired) electrons. The molecule has 1 N–H and O–H groups in total. The molecule has 0 rings (SSSR count). The lowest BCUT2D eigenvalue weighted by Crippen LogP contribution is -2.31. The third kappa shape index (κ3) is 8.26. The third-order valence-electron chi connectivity index (χ3n) is 2.15. The maximum Gasteiger partial charge on any atom is 0.325 e. The summed E-state index contributed by atoms with van der Waals surface area (Å²) >= 11 is 0. The van der Waals surface area contributed by atoms with Crippen LogP contribution in [0.25, 0.3) is 0 Å². The summed E-state index contributed by atoms with van der Waals surface area (Å²) in [7, 11) is 1.30. The topological polar surface area (TPSA) is 55.4 Å². The van der Waals surface area contributed by atoms with Crippen LogP contribution in [0.15, 0.2) is 0 Å². The average Bonchev–Trinajstić information content (AvgIpc) is 2.10. The van der Waals surface area contributed by atoms with Gasteiger partial charge >= 0.3 is 5.97 Å². The molecule has 0 aromatic heterocycles. The molecule has 0 heterocycles. The molecule has 0 aliphatic carbocycles. The summed E-state index contributed by atoms with van der Waals surface area (Å²) in [6, 6.07) is 0. The second kappa shape index (κ2) is 6.51. The van der Waals surface area contributed by atoms with Crippen molar-refractivity contribution in [1.82, 2.24) is 5.32 Å². The van der Waals surface area contributed by atoms with Crippen LogP contribution in [0.4, 0.5) is 0 Å². The number of ether oxygens (including phenoxy) is 1. The number of hydrogen-bond acceptors (Lipinski definition) is 3. The lowest BCUT2D eigenvalue weighted by Gasteiger charge is -2.22. The maximum absolute atomic E-state index is 11.4. The van der Waals surface area contributed by atoms with Gasteiger partial charge in [0, 0.05) is 6.42 Å². The van der Waals surface area contributed by atoms with Crippen LogP contribution in [-0.4, -0.2) is 25.5 Å². The minimum atomic E-state index is -0.420. The highest BCUT2D eigenvalue weighted by atomic mass is 16.5. The Balaban J connectivity index is 3.83. The first-order valence-corrected chi connectivity index (χ1v) is 5.58. The summed E-state index contributed by atoms with van der Waals surface area (Å²) in [5, 5.41) is 2.54. The highest BCUT2D eigenvalue weighted by Gasteiger charge is 2.17. The number of esters is 1. The summed E-state index contributed by atoms with van der Waals surface area (Å²) in [4.78, 5) is 22.2. The molecule has 4 nitrogen and oxygen atoms in total. The van der Waals surface area contributed by atoms with Crippen LogP contribution in [0.2, 0.25) is 0 Å². The molecule has 94 valence electrons. The fourth-order valence-corrected chi connectivity index (χ4v) is 1.75. The highest BCUT2D eigenvalue weighted by molar-refractivity contribution is 5.81.